The molecule has 13 nitrogen and oxygen atoms in total. The normalized spacial score (nSPS) is 29.8. The summed E-state index contributed by atoms with van der Waals surface area (Å²) in [5.74, 6) is -1.74. The lowest BCUT2D eigenvalue weighted by molar-refractivity contribution is -0.141. The van der Waals surface area contributed by atoms with Crippen LogP contribution >= 0.6 is 0 Å². The molecule has 52 heavy (non-hydrogen) atoms. The van der Waals surface area contributed by atoms with Crippen molar-refractivity contribution in [3.63, 3.8) is 0 Å². The molecule has 2 saturated carbocycles. The van der Waals surface area contributed by atoms with Gasteiger partial charge in [0.25, 0.3) is 5.91 Å². The Morgan fingerprint density at radius 3 is 2.60 bits per heavy atom. The van der Waals surface area contributed by atoms with E-state index in [4.69, 9.17) is 14.5 Å². The van der Waals surface area contributed by atoms with Gasteiger partial charge in [-0.2, -0.15) is 0 Å². The summed E-state index contributed by atoms with van der Waals surface area (Å²) >= 11 is 0. The van der Waals surface area contributed by atoms with Gasteiger partial charge in [0, 0.05) is 23.3 Å². The number of hydrogen-bond donors (Lipinski definition) is 3. The van der Waals surface area contributed by atoms with E-state index in [-0.39, 0.29) is 19.4 Å². The SMILES string of the molecule is Cc1nc2ccccc2c2c1O[C@]1(C=C2)C[C@H]2C(=O)N[C@]3(C(=O)NS(=O)(=O)C4CC4)CC3/C=C\CCCCC[C@H](NC(=O)OC(C)(C)C)C(=O)N2C1. The van der Waals surface area contributed by atoms with Crippen molar-refractivity contribution in [2.75, 3.05) is 6.54 Å². The summed E-state index contributed by atoms with van der Waals surface area (Å²) in [6, 6.07) is 5.61. The van der Waals surface area contributed by atoms with Crippen LogP contribution in [0.25, 0.3) is 17.0 Å². The van der Waals surface area contributed by atoms with E-state index in [1.54, 1.807) is 20.8 Å². The van der Waals surface area contributed by atoms with E-state index in [1.807, 2.05) is 55.5 Å². The zero-order valence-electron chi connectivity index (χ0n) is 30.1. The Balaban J connectivity index is 1.24. The van der Waals surface area contributed by atoms with Gasteiger partial charge in [0.15, 0.2) is 0 Å². The highest BCUT2D eigenvalue weighted by molar-refractivity contribution is 7.91. The number of hydrogen-bond acceptors (Lipinski definition) is 9. The molecule has 3 aliphatic heterocycles. The number of alkyl carbamates (subject to hydrolysis) is 1. The molecule has 7 rings (SSSR count). The Labute approximate surface area is 304 Å². The molecule has 2 aliphatic carbocycles. The summed E-state index contributed by atoms with van der Waals surface area (Å²) in [4.78, 5) is 62.1. The molecule has 1 saturated heterocycles. The highest BCUT2D eigenvalue weighted by Gasteiger charge is 2.63. The fraction of sp³-hybridized carbons (Fsp3) is 0.553. The fourth-order valence-electron chi connectivity index (χ4n) is 7.60. The molecule has 4 heterocycles. The molecule has 3 N–H and O–H groups in total. The van der Waals surface area contributed by atoms with Crippen LogP contribution < -0.4 is 20.1 Å². The lowest BCUT2D eigenvalue weighted by Gasteiger charge is -2.33. The minimum absolute atomic E-state index is 0.0167. The first-order chi connectivity index (χ1) is 24.6. The van der Waals surface area contributed by atoms with E-state index in [0.717, 1.165) is 29.3 Å². The summed E-state index contributed by atoms with van der Waals surface area (Å²) in [6.07, 6.45) is 11.4. The van der Waals surface area contributed by atoms with Gasteiger partial charge in [-0.15, -0.1) is 0 Å². The van der Waals surface area contributed by atoms with Crippen molar-refractivity contribution in [1.82, 2.24) is 25.2 Å². The second-order valence-corrected chi connectivity index (χ2v) is 17.8. The molecule has 1 unspecified atom stereocenters. The second kappa shape index (κ2) is 13.2. The largest absolute Gasteiger partial charge is 0.479 e. The van der Waals surface area contributed by atoms with Gasteiger partial charge in [-0.1, -0.05) is 49.3 Å². The van der Waals surface area contributed by atoms with E-state index < -0.39 is 73.8 Å². The molecule has 1 spiro atoms. The van der Waals surface area contributed by atoms with Crippen LogP contribution in [0.15, 0.2) is 42.5 Å². The van der Waals surface area contributed by atoms with Crippen LogP contribution in [0.1, 0.15) is 89.8 Å². The topological polar surface area (TPSA) is 173 Å². The van der Waals surface area contributed by atoms with Gasteiger partial charge < -0.3 is 25.0 Å². The molecule has 4 amide bonds. The number of pyridine rings is 1. The summed E-state index contributed by atoms with van der Waals surface area (Å²) in [7, 11) is -3.89. The molecule has 3 fully saturated rings. The lowest BCUT2D eigenvalue weighted by atomic mass is 9.93. The third-order valence-electron chi connectivity index (χ3n) is 10.5. The van der Waals surface area contributed by atoms with Crippen LogP contribution in [-0.2, 0) is 29.1 Å². The number of carbonyl (C=O) groups is 4. The van der Waals surface area contributed by atoms with Gasteiger partial charge in [-0.3, -0.25) is 19.1 Å². The van der Waals surface area contributed by atoms with Crippen LogP contribution in [0, 0.1) is 12.8 Å². The van der Waals surface area contributed by atoms with Crippen molar-refractivity contribution >= 4 is 50.8 Å². The number of aromatic nitrogens is 1. The van der Waals surface area contributed by atoms with E-state index >= 15 is 0 Å². The third kappa shape index (κ3) is 7.13. The Morgan fingerprint density at radius 1 is 1.08 bits per heavy atom. The predicted octanol–water partition coefficient (Wildman–Crippen LogP) is 4.19. The molecule has 5 aliphatic rings. The number of nitrogens with one attached hydrogen (secondary N) is 3. The molecule has 1 aromatic heterocycles. The highest BCUT2D eigenvalue weighted by Crippen LogP contribution is 2.47. The number of para-hydroxylation sites is 1. The van der Waals surface area contributed by atoms with Gasteiger partial charge in [-0.25, -0.2) is 18.2 Å². The van der Waals surface area contributed by atoms with Gasteiger partial charge in [0.05, 0.1) is 23.0 Å². The molecule has 1 aromatic carbocycles. The first-order valence-corrected chi connectivity index (χ1v) is 19.8. The van der Waals surface area contributed by atoms with Crippen molar-refractivity contribution in [3.8, 4) is 5.75 Å². The lowest BCUT2D eigenvalue weighted by Crippen LogP contribution is -2.58. The smallest absolute Gasteiger partial charge is 0.408 e. The zero-order chi connectivity index (χ0) is 37.1. The minimum atomic E-state index is -3.89. The monoisotopic (exact) mass is 733 g/mol. The Morgan fingerprint density at radius 2 is 1.85 bits per heavy atom. The highest BCUT2D eigenvalue weighted by atomic mass is 32.2. The van der Waals surface area contributed by atoms with E-state index in [2.05, 4.69) is 15.4 Å². The van der Waals surface area contributed by atoms with Gasteiger partial charge in [0.1, 0.15) is 34.6 Å². The molecule has 2 aromatic rings. The Kier molecular flexibility index (Phi) is 9.11. The molecule has 278 valence electrons. The maximum atomic E-state index is 14.6. The first kappa shape index (κ1) is 35.9. The maximum absolute atomic E-state index is 14.6. The quantitative estimate of drug-likeness (QED) is 0.390. The molecular formula is C38H47N5O8S. The number of amides is 4. The Bertz CT molecular complexity index is 1990. The minimum Gasteiger partial charge on any atom is -0.479 e. The van der Waals surface area contributed by atoms with Crippen LogP contribution in [0.2, 0.25) is 0 Å². The van der Waals surface area contributed by atoms with Crippen LogP contribution in [0.4, 0.5) is 4.79 Å². The number of rotatable bonds is 4. The number of ether oxygens (including phenoxy) is 2. The van der Waals surface area contributed by atoms with Crippen molar-refractivity contribution in [2.45, 2.75) is 120 Å². The van der Waals surface area contributed by atoms with E-state index in [0.29, 0.717) is 43.5 Å². The maximum Gasteiger partial charge on any atom is 0.408 e. The van der Waals surface area contributed by atoms with Crippen LogP contribution in [0.5, 0.6) is 5.75 Å². The Hall–Kier alpha value is -4.46. The van der Waals surface area contributed by atoms with Gasteiger partial charge in [-0.05, 0) is 78.4 Å². The molecular weight excluding hydrogens is 687 g/mol. The molecule has 0 bridgehead atoms. The van der Waals surface area contributed by atoms with Crippen molar-refractivity contribution in [3.05, 3.63) is 53.8 Å². The van der Waals surface area contributed by atoms with Crippen molar-refractivity contribution < 1.29 is 37.1 Å². The standard InChI is InChI=1S/C38H47N5O8S/c1-23-31-27(26-13-10-11-14-28(26)39-23)18-19-37(50-31)21-30-32(44)41-38(34(46)42-52(48,49)25-16-17-25)20-24(38)12-8-6-5-7-9-15-29(33(45)43(30)22-37)40-35(47)51-36(2,3)4/h8,10-14,18-19,24-25,29-30H,5-7,9,15-17,20-22H2,1-4H3,(H,40,47)(H,41,44)(H,42,46)/b12-8-/t24?,29-,30-,37+,38+/m0/s1. The number of carbonyl (C=O) groups excluding carboxylic acids is 4. The molecule has 5 atom stereocenters. The average Bonchev–Trinajstić information content (AvgIpc) is 4.00. The van der Waals surface area contributed by atoms with E-state index in [9.17, 15) is 27.6 Å². The van der Waals surface area contributed by atoms with E-state index in [1.165, 1.54) is 4.90 Å². The number of allylic oxidation sites excluding steroid dienone is 1. The average molecular weight is 734 g/mol. The number of fused-ring (bicyclic) bond motifs is 5. The molecule has 0 radical (unpaired) electrons. The summed E-state index contributed by atoms with van der Waals surface area (Å²) in [5.41, 5.74) is -1.11. The van der Waals surface area contributed by atoms with Gasteiger partial charge in [0.2, 0.25) is 21.8 Å². The predicted molar refractivity (Wildman–Crippen MR) is 193 cm³/mol. The second-order valence-electron chi connectivity index (χ2n) is 15.9. The number of benzene rings is 1. The molecule has 14 heteroatoms. The number of sulfonamides is 1. The first-order valence-electron chi connectivity index (χ1n) is 18.2. The fourth-order valence-corrected chi connectivity index (χ4v) is 8.96. The zero-order valence-corrected chi connectivity index (χ0v) is 30.9. The number of nitrogens with zero attached hydrogens (tertiary/aromatic N) is 2. The van der Waals surface area contributed by atoms with Crippen LogP contribution in [-0.4, -0.2) is 82.7 Å². The summed E-state index contributed by atoms with van der Waals surface area (Å²) in [6.45, 7) is 7.04. The van der Waals surface area contributed by atoms with Crippen molar-refractivity contribution in [2.24, 2.45) is 5.92 Å². The summed E-state index contributed by atoms with van der Waals surface area (Å²) < 4.78 is 40.2. The number of aryl methyl sites for hydroxylation is 1. The van der Waals surface area contributed by atoms with Crippen molar-refractivity contribution in [1.29, 1.82) is 0 Å². The summed E-state index contributed by atoms with van der Waals surface area (Å²) in [5, 5.41) is 5.96. The van der Waals surface area contributed by atoms with Gasteiger partial charge >= 0.3 is 6.09 Å². The third-order valence-corrected chi connectivity index (χ3v) is 12.4. The van der Waals surface area contributed by atoms with Crippen LogP contribution in [0.3, 0.4) is 0 Å².